The number of hydrogen-bond donors (Lipinski definition) is 1. The molecule has 8 heteroatoms. The van der Waals surface area contributed by atoms with Crippen LogP contribution in [0.2, 0.25) is 5.02 Å². The molecule has 0 radical (unpaired) electrons. The van der Waals surface area contributed by atoms with E-state index in [9.17, 15) is 9.70 Å². The molecule has 0 spiro atoms. The van der Waals surface area contributed by atoms with Gasteiger partial charge in [-0.1, -0.05) is 11.6 Å². The summed E-state index contributed by atoms with van der Waals surface area (Å²) in [6.07, 6.45) is -0.296. The third-order valence-electron chi connectivity index (χ3n) is 3.33. The van der Waals surface area contributed by atoms with Crippen molar-refractivity contribution in [2.45, 2.75) is 26.4 Å². The predicted octanol–water partition coefficient (Wildman–Crippen LogP) is 4.78. The summed E-state index contributed by atoms with van der Waals surface area (Å²) in [5, 5.41) is 6.66. The first-order chi connectivity index (χ1) is 10.7. The monoisotopic (exact) mass is 403 g/mol. The Labute approximate surface area is 148 Å². The lowest BCUT2D eigenvalue weighted by Crippen LogP contribution is -2.53. The third kappa shape index (κ3) is 4.81. The maximum atomic E-state index is 11.8. The predicted molar refractivity (Wildman–Crippen MR) is 94.4 cm³/mol. The van der Waals surface area contributed by atoms with E-state index in [4.69, 9.17) is 16.3 Å². The first-order valence-corrected chi connectivity index (χ1v) is 8.41. The number of hydrogen-bond acceptors (Lipinski definition) is 5. The molecule has 1 aliphatic heterocycles. The summed E-state index contributed by atoms with van der Waals surface area (Å²) in [6.45, 7) is 7.39. The molecule has 0 aromatic heterocycles. The van der Waals surface area contributed by atoms with Gasteiger partial charge in [0.25, 0.3) is 0 Å². The number of likely N-dealkylation sites (tertiary alicyclic amines) is 1. The number of anilines is 1. The van der Waals surface area contributed by atoms with E-state index in [0.29, 0.717) is 46.4 Å². The SMILES string of the molecule is CC(C)(C)OC(=O)N1CC(CNc2cc(Cl)c(Br)cc2N=O)C1. The van der Waals surface area contributed by atoms with Gasteiger partial charge in [0.2, 0.25) is 0 Å². The van der Waals surface area contributed by atoms with Gasteiger partial charge in [-0.3, -0.25) is 0 Å². The number of ether oxygens (including phenoxy) is 1. The highest BCUT2D eigenvalue weighted by Crippen LogP contribution is 2.35. The summed E-state index contributed by atoms with van der Waals surface area (Å²) in [6, 6.07) is 3.23. The molecule has 0 saturated carbocycles. The van der Waals surface area contributed by atoms with Crippen molar-refractivity contribution < 1.29 is 9.53 Å². The molecule has 126 valence electrons. The van der Waals surface area contributed by atoms with Gasteiger partial charge in [-0.15, -0.1) is 4.91 Å². The van der Waals surface area contributed by atoms with E-state index < -0.39 is 5.60 Å². The van der Waals surface area contributed by atoms with E-state index in [1.807, 2.05) is 20.8 Å². The van der Waals surface area contributed by atoms with Crippen molar-refractivity contribution in [1.29, 1.82) is 0 Å². The number of carbonyl (C=O) groups is 1. The molecule has 0 aliphatic carbocycles. The normalized spacial score (nSPS) is 15.1. The van der Waals surface area contributed by atoms with Gasteiger partial charge in [0.1, 0.15) is 11.3 Å². The molecule has 6 nitrogen and oxygen atoms in total. The molecule has 1 aromatic rings. The van der Waals surface area contributed by atoms with E-state index >= 15 is 0 Å². The molecule has 1 N–H and O–H groups in total. The maximum absolute atomic E-state index is 11.8. The van der Waals surface area contributed by atoms with Crippen LogP contribution in [0.3, 0.4) is 0 Å². The van der Waals surface area contributed by atoms with Gasteiger partial charge in [-0.05, 0) is 54.0 Å². The van der Waals surface area contributed by atoms with E-state index in [1.165, 1.54) is 0 Å². The summed E-state index contributed by atoms with van der Waals surface area (Å²) in [4.78, 5) is 24.4. The zero-order valence-corrected chi connectivity index (χ0v) is 15.6. The number of halogens is 2. The molecule has 1 amide bonds. The summed E-state index contributed by atoms with van der Waals surface area (Å²) in [5.74, 6) is 0.296. The standard InChI is InChI=1S/C15H19BrClN3O3/c1-15(2,3)23-14(21)20-7-9(8-20)6-18-12-5-11(17)10(16)4-13(12)19-22/h4-5,9,18H,6-8H2,1-3H3. The fourth-order valence-electron chi connectivity index (χ4n) is 2.18. The van der Waals surface area contributed by atoms with Crippen LogP contribution in [0.25, 0.3) is 0 Å². The fraction of sp³-hybridized carbons (Fsp3) is 0.533. The minimum atomic E-state index is -0.487. The Balaban J connectivity index is 1.84. The van der Waals surface area contributed by atoms with E-state index in [-0.39, 0.29) is 6.09 Å². The van der Waals surface area contributed by atoms with Crippen molar-refractivity contribution in [3.8, 4) is 0 Å². The second-order valence-electron chi connectivity index (χ2n) is 6.51. The van der Waals surface area contributed by atoms with E-state index in [0.717, 1.165) is 0 Å². The number of nitrogens with one attached hydrogen (secondary N) is 1. The van der Waals surface area contributed by atoms with Crippen LogP contribution in [0.15, 0.2) is 21.8 Å². The molecule has 1 aromatic carbocycles. The van der Waals surface area contributed by atoms with E-state index in [2.05, 4.69) is 26.4 Å². The lowest BCUT2D eigenvalue weighted by atomic mass is 10.0. The van der Waals surface area contributed by atoms with Gasteiger partial charge in [0.05, 0.1) is 10.7 Å². The van der Waals surface area contributed by atoms with Crippen LogP contribution in [0.5, 0.6) is 0 Å². The summed E-state index contributed by atoms with van der Waals surface area (Å²) in [5.41, 5.74) is 0.396. The molecule has 1 saturated heterocycles. The van der Waals surface area contributed by atoms with Crippen LogP contribution in [-0.4, -0.2) is 36.2 Å². The topological polar surface area (TPSA) is 71.0 Å². The van der Waals surface area contributed by atoms with Gasteiger partial charge >= 0.3 is 6.09 Å². The van der Waals surface area contributed by atoms with Gasteiger partial charge in [-0.25, -0.2) is 4.79 Å². The number of nitrogens with zero attached hydrogens (tertiary/aromatic N) is 2. The number of amides is 1. The molecule has 0 atom stereocenters. The minimum absolute atomic E-state index is 0.296. The molecular formula is C15H19BrClN3O3. The fourth-order valence-corrected chi connectivity index (χ4v) is 2.68. The second kappa shape index (κ2) is 7.05. The van der Waals surface area contributed by atoms with Crippen LogP contribution >= 0.6 is 27.5 Å². The first kappa shape index (κ1) is 18.0. The highest BCUT2D eigenvalue weighted by molar-refractivity contribution is 9.10. The van der Waals surface area contributed by atoms with Crippen molar-refractivity contribution in [2.24, 2.45) is 11.1 Å². The molecule has 0 unspecified atom stereocenters. The van der Waals surface area contributed by atoms with Crippen molar-refractivity contribution in [2.75, 3.05) is 25.0 Å². The van der Waals surface area contributed by atoms with E-state index in [1.54, 1.807) is 17.0 Å². The van der Waals surface area contributed by atoms with Gasteiger partial charge in [0.15, 0.2) is 0 Å². The average Bonchev–Trinajstić information content (AvgIpc) is 2.38. The second-order valence-corrected chi connectivity index (χ2v) is 7.77. The first-order valence-electron chi connectivity index (χ1n) is 7.24. The highest BCUT2D eigenvalue weighted by Gasteiger charge is 2.33. The zero-order chi connectivity index (χ0) is 17.2. The lowest BCUT2D eigenvalue weighted by molar-refractivity contribution is 0.000847. The van der Waals surface area contributed by atoms with Crippen LogP contribution in [0.1, 0.15) is 20.8 Å². The van der Waals surface area contributed by atoms with Gasteiger partial charge < -0.3 is 15.0 Å². The number of benzene rings is 1. The van der Waals surface area contributed by atoms with Crippen LogP contribution in [0.4, 0.5) is 16.2 Å². The lowest BCUT2D eigenvalue weighted by Gasteiger charge is -2.40. The largest absolute Gasteiger partial charge is 0.444 e. The van der Waals surface area contributed by atoms with Crippen LogP contribution in [0, 0.1) is 10.8 Å². The maximum Gasteiger partial charge on any atom is 0.410 e. The Morgan fingerprint density at radius 1 is 1.48 bits per heavy atom. The van der Waals surface area contributed by atoms with Crippen molar-refractivity contribution >= 4 is 45.0 Å². The Hall–Kier alpha value is -1.34. The summed E-state index contributed by atoms with van der Waals surface area (Å²) >= 11 is 9.29. The van der Waals surface area contributed by atoms with Crippen LogP contribution < -0.4 is 5.32 Å². The number of nitroso groups, excluding NO2 is 1. The molecule has 2 rings (SSSR count). The Morgan fingerprint density at radius 2 is 2.13 bits per heavy atom. The molecular weight excluding hydrogens is 386 g/mol. The Kier molecular flexibility index (Phi) is 5.52. The number of carbonyl (C=O) groups excluding carboxylic acids is 1. The van der Waals surface area contributed by atoms with Crippen molar-refractivity contribution in [3.63, 3.8) is 0 Å². The summed E-state index contributed by atoms with van der Waals surface area (Å²) in [7, 11) is 0. The third-order valence-corrected chi connectivity index (χ3v) is 4.52. The summed E-state index contributed by atoms with van der Waals surface area (Å²) < 4.78 is 5.93. The highest BCUT2D eigenvalue weighted by atomic mass is 79.9. The molecule has 1 fully saturated rings. The Morgan fingerprint density at radius 3 is 2.70 bits per heavy atom. The number of rotatable bonds is 4. The van der Waals surface area contributed by atoms with Crippen LogP contribution in [-0.2, 0) is 4.74 Å². The van der Waals surface area contributed by atoms with Crippen molar-refractivity contribution in [3.05, 3.63) is 26.5 Å². The van der Waals surface area contributed by atoms with Gasteiger partial charge in [0, 0.05) is 30.0 Å². The molecule has 0 bridgehead atoms. The Bertz CT molecular complexity index is 613. The molecule has 1 heterocycles. The van der Waals surface area contributed by atoms with Gasteiger partial charge in [-0.2, -0.15) is 0 Å². The zero-order valence-electron chi connectivity index (χ0n) is 13.2. The minimum Gasteiger partial charge on any atom is -0.444 e. The quantitative estimate of drug-likeness (QED) is 0.733. The smallest absolute Gasteiger partial charge is 0.410 e. The molecule has 1 aliphatic rings. The molecule has 23 heavy (non-hydrogen) atoms. The average molecular weight is 405 g/mol. The van der Waals surface area contributed by atoms with Crippen molar-refractivity contribution in [1.82, 2.24) is 4.90 Å².